The average molecular weight is 276 g/mol. The van der Waals surface area contributed by atoms with Crippen molar-refractivity contribution in [3.8, 4) is 0 Å². The number of rotatable bonds is 2. The molecule has 2 aliphatic rings. The smallest absolute Gasteiger partial charge is 0.398 e. The van der Waals surface area contributed by atoms with Crippen LogP contribution in [0.3, 0.4) is 0 Å². The van der Waals surface area contributed by atoms with E-state index < -0.39 is 35.9 Å². The Kier molecular flexibility index (Phi) is 3.34. The third-order valence-electron chi connectivity index (χ3n) is 4.54. The second-order valence-electron chi connectivity index (χ2n) is 6.58. The van der Waals surface area contributed by atoms with Crippen LogP contribution in [-0.2, 0) is 9.31 Å². The van der Waals surface area contributed by atoms with Crippen LogP contribution in [0.1, 0.15) is 47.5 Å². The molecule has 6 heteroatoms. The van der Waals surface area contributed by atoms with Gasteiger partial charge < -0.3 is 9.31 Å². The first kappa shape index (κ1) is 14.9. The molecule has 19 heavy (non-hydrogen) atoms. The molecule has 1 saturated carbocycles. The maximum Gasteiger partial charge on any atom is 0.525 e. The summed E-state index contributed by atoms with van der Waals surface area (Å²) >= 11 is 0. The molecule has 0 spiro atoms. The minimum absolute atomic E-state index is 0.286. The van der Waals surface area contributed by atoms with Crippen LogP contribution in [0.5, 0.6) is 0 Å². The van der Waals surface area contributed by atoms with Crippen molar-refractivity contribution in [2.24, 2.45) is 5.92 Å². The van der Waals surface area contributed by atoms with Gasteiger partial charge in [0.1, 0.15) is 5.73 Å². The largest absolute Gasteiger partial charge is 0.525 e. The maximum atomic E-state index is 14.3. The third kappa shape index (κ3) is 2.57. The van der Waals surface area contributed by atoms with Gasteiger partial charge in [0.15, 0.2) is 0 Å². The summed E-state index contributed by atoms with van der Waals surface area (Å²) in [7, 11) is -1.08. The quantitative estimate of drug-likeness (QED) is 0.712. The molecule has 0 atom stereocenters. The maximum absolute atomic E-state index is 14.3. The topological polar surface area (TPSA) is 18.5 Å². The fourth-order valence-electron chi connectivity index (χ4n) is 2.29. The van der Waals surface area contributed by atoms with E-state index >= 15 is 0 Å². The van der Waals surface area contributed by atoms with Crippen molar-refractivity contribution in [2.75, 3.05) is 0 Å². The van der Waals surface area contributed by atoms with Crippen LogP contribution in [0.15, 0.2) is 11.3 Å². The van der Waals surface area contributed by atoms with E-state index in [0.717, 1.165) is 0 Å². The summed E-state index contributed by atoms with van der Waals surface area (Å²) in [6.45, 7) is 8.85. The van der Waals surface area contributed by atoms with Crippen LogP contribution in [-0.4, -0.2) is 24.2 Å². The molecule has 1 heterocycles. The van der Waals surface area contributed by atoms with Crippen molar-refractivity contribution in [3.63, 3.8) is 0 Å². The summed E-state index contributed by atoms with van der Waals surface area (Å²) in [6.07, 6.45) is -0.572. The van der Waals surface area contributed by atoms with Crippen LogP contribution in [0.4, 0.5) is 13.2 Å². The molecule has 0 aromatic carbocycles. The summed E-state index contributed by atoms with van der Waals surface area (Å²) in [6, 6.07) is 0. The molecule has 1 saturated heterocycles. The van der Waals surface area contributed by atoms with Gasteiger partial charge in [0, 0.05) is 12.8 Å². The monoisotopic (exact) mass is 276 g/mol. The predicted octanol–water partition coefficient (Wildman–Crippen LogP) is 3.91. The Balaban J connectivity index is 2.11. The molecule has 0 bridgehead atoms. The number of hydrogen-bond donors (Lipinski definition) is 0. The van der Waals surface area contributed by atoms with E-state index in [1.165, 1.54) is 0 Å². The molecular weight excluding hydrogens is 256 g/mol. The van der Waals surface area contributed by atoms with Crippen molar-refractivity contribution in [3.05, 3.63) is 11.3 Å². The van der Waals surface area contributed by atoms with Crippen LogP contribution >= 0.6 is 0 Å². The van der Waals surface area contributed by atoms with Crippen molar-refractivity contribution in [2.45, 2.75) is 64.6 Å². The predicted molar refractivity (Wildman–Crippen MR) is 67.6 cm³/mol. The first-order valence-electron chi connectivity index (χ1n) is 6.55. The molecule has 2 fully saturated rings. The van der Waals surface area contributed by atoms with Gasteiger partial charge in [-0.1, -0.05) is 0 Å². The number of alkyl halides is 2. The Morgan fingerprint density at radius 2 is 1.47 bits per heavy atom. The van der Waals surface area contributed by atoms with Crippen molar-refractivity contribution >= 4 is 7.12 Å². The Bertz CT molecular complexity index is 394. The minimum atomic E-state index is -2.65. The van der Waals surface area contributed by atoms with Crippen molar-refractivity contribution in [1.29, 1.82) is 0 Å². The van der Waals surface area contributed by atoms with Crippen LogP contribution in [0.2, 0.25) is 0 Å². The van der Waals surface area contributed by atoms with Gasteiger partial charge in [-0.2, -0.15) is 0 Å². The number of allylic oxidation sites excluding steroid dienone is 1. The summed E-state index contributed by atoms with van der Waals surface area (Å²) in [5.41, 5.74) is -1.49. The van der Waals surface area contributed by atoms with Gasteiger partial charge in [-0.05, 0) is 46.1 Å². The summed E-state index contributed by atoms with van der Waals surface area (Å²) in [5, 5.41) is 0. The van der Waals surface area contributed by atoms with E-state index in [-0.39, 0.29) is 12.8 Å². The summed E-state index contributed by atoms with van der Waals surface area (Å²) < 4.78 is 51.1. The Morgan fingerprint density at radius 3 is 1.84 bits per heavy atom. The highest BCUT2D eigenvalue weighted by molar-refractivity contribution is 6.53. The lowest BCUT2D eigenvalue weighted by atomic mass is 9.72. The molecule has 1 aliphatic heterocycles. The molecule has 0 N–H and O–H groups in total. The van der Waals surface area contributed by atoms with Crippen LogP contribution in [0.25, 0.3) is 0 Å². The van der Waals surface area contributed by atoms with Gasteiger partial charge in [-0.15, -0.1) is 0 Å². The standard InChI is InChI=1S/C13H20BF3O2/c1-8(9-6-13(16,17)7-9)10(15)14-18-11(2,3)12(4,5)19-14/h9H,6-7H2,1-5H3. The molecule has 2 rings (SSSR count). The molecule has 0 aromatic rings. The van der Waals surface area contributed by atoms with Gasteiger partial charge in [0.25, 0.3) is 0 Å². The number of hydrogen-bond acceptors (Lipinski definition) is 2. The molecule has 108 valence electrons. The Hall–Kier alpha value is -0.485. The fourth-order valence-corrected chi connectivity index (χ4v) is 2.29. The normalized spacial score (nSPS) is 30.0. The second-order valence-corrected chi connectivity index (χ2v) is 6.58. The lowest BCUT2D eigenvalue weighted by molar-refractivity contribution is -0.0997. The average Bonchev–Trinajstić information content (AvgIpc) is 2.42. The molecule has 0 aromatic heterocycles. The second kappa shape index (κ2) is 4.25. The highest BCUT2D eigenvalue weighted by Gasteiger charge is 2.54. The zero-order valence-corrected chi connectivity index (χ0v) is 12.0. The zero-order chi connectivity index (χ0) is 14.6. The first-order chi connectivity index (χ1) is 8.45. The van der Waals surface area contributed by atoms with Crippen LogP contribution < -0.4 is 0 Å². The molecule has 0 radical (unpaired) electrons. The molecule has 0 unspecified atom stereocenters. The van der Waals surface area contributed by atoms with E-state index in [1.807, 2.05) is 27.7 Å². The lowest BCUT2D eigenvalue weighted by Crippen LogP contribution is -2.41. The molecule has 0 amide bonds. The first-order valence-corrected chi connectivity index (χ1v) is 6.55. The van der Waals surface area contributed by atoms with Gasteiger partial charge in [-0.3, -0.25) is 0 Å². The summed E-state index contributed by atoms with van der Waals surface area (Å²) in [4.78, 5) is 0. The summed E-state index contributed by atoms with van der Waals surface area (Å²) in [5.74, 6) is -3.06. The van der Waals surface area contributed by atoms with E-state index in [9.17, 15) is 13.2 Å². The molecular formula is C13H20BF3O2. The lowest BCUT2D eigenvalue weighted by Gasteiger charge is -2.36. The Morgan fingerprint density at radius 1 is 1.05 bits per heavy atom. The highest BCUT2D eigenvalue weighted by Crippen LogP contribution is 2.48. The molecule has 1 aliphatic carbocycles. The fraction of sp³-hybridized carbons (Fsp3) is 0.846. The van der Waals surface area contributed by atoms with Gasteiger partial charge in [0.2, 0.25) is 5.92 Å². The minimum Gasteiger partial charge on any atom is -0.398 e. The highest BCUT2D eigenvalue weighted by atomic mass is 19.3. The van der Waals surface area contributed by atoms with E-state index in [0.29, 0.717) is 5.57 Å². The van der Waals surface area contributed by atoms with E-state index in [4.69, 9.17) is 9.31 Å². The SMILES string of the molecule is CC(=C(F)B1OC(C)(C)C(C)(C)O1)C1CC(F)(F)C1. The van der Waals surface area contributed by atoms with E-state index in [1.54, 1.807) is 6.92 Å². The van der Waals surface area contributed by atoms with Gasteiger partial charge in [0.05, 0.1) is 11.2 Å². The van der Waals surface area contributed by atoms with Crippen LogP contribution in [0, 0.1) is 5.92 Å². The van der Waals surface area contributed by atoms with E-state index in [2.05, 4.69) is 0 Å². The zero-order valence-electron chi connectivity index (χ0n) is 12.0. The number of halogens is 3. The third-order valence-corrected chi connectivity index (χ3v) is 4.54. The Labute approximate surface area is 112 Å². The molecule has 2 nitrogen and oxygen atoms in total. The van der Waals surface area contributed by atoms with Gasteiger partial charge >= 0.3 is 7.12 Å². The van der Waals surface area contributed by atoms with Gasteiger partial charge in [-0.25, -0.2) is 13.2 Å². The van der Waals surface area contributed by atoms with Crippen molar-refractivity contribution in [1.82, 2.24) is 0 Å². The van der Waals surface area contributed by atoms with Crippen molar-refractivity contribution < 1.29 is 22.5 Å².